The standard InChI is InChI=1S/C17H27N3O/c1-4-14(18)15(13-7-5-12(2)6-8-13)20-10-9-17(3,11-20)16(19)21/h5-8,14-15H,4,9-11,18H2,1-3H3,(H2,19,21). The molecule has 3 unspecified atom stereocenters. The van der Waals surface area contributed by atoms with Gasteiger partial charge in [0.05, 0.1) is 5.41 Å². The highest BCUT2D eigenvalue weighted by atomic mass is 16.1. The van der Waals surface area contributed by atoms with Gasteiger partial charge in [-0.15, -0.1) is 0 Å². The summed E-state index contributed by atoms with van der Waals surface area (Å²) in [6.07, 6.45) is 1.71. The number of amides is 1. The molecule has 21 heavy (non-hydrogen) atoms. The lowest BCUT2D eigenvalue weighted by molar-refractivity contribution is -0.126. The number of nitrogens with two attached hydrogens (primary N) is 2. The molecule has 1 aromatic rings. The number of aryl methyl sites for hydroxylation is 1. The van der Waals surface area contributed by atoms with E-state index in [1.165, 1.54) is 11.1 Å². The van der Waals surface area contributed by atoms with Crippen LogP contribution in [0, 0.1) is 12.3 Å². The minimum atomic E-state index is -0.434. The quantitative estimate of drug-likeness (QED) is 0.870. The molecule has 1 aromatic carbocycles. The molecule has 1 aliphatic heterocycles. The third-order valence-corrected chi connectivity index (χ3v) is 4.79. The van der Waals surface area contributed by atoms with Gasteiger partial charge in [-0.2, -0.15) is 0 Å². The third kappa shape index (κ3) is 3.27. The van der Waals surface area contributed by atoms with E-state index < -0.39 is 5.41 Å². The molecule has 0 aromatic heterocycles. The number of nitrogens with zero attached hydrogens (tertiary/aromatic N) is 1. The lowest BCUT2D eigenvalue weighted by atomic mass is 9.89. The summed E-state index contributed by atoms with van der Waals surface area (Å²) in [5, 5.41) is 0. The van der Waals surface area contributed by atoms with Crippen LogP contribution in [-0.4, -0.2) is 29.9 Å². The molecule has 0 saturated carbocycles. The molecule has 0 radical (unpaired) electrons. The third-order valence-electron chi connectivity index (χ3n) is 4.79. The van der Waals surface area contributed by atoms with Crippen LogP contribution in [0.25, 0.3) is 0 Å². The van der Waals surface area contributed by atoms with E-state index in [4.69, 9.17) is 11.5 Å². The van der Waals surface area contributed by atoms with Crippen molar-refractivity contribution in [3.05, 3.63) is 35.4 Å². The Labute approximate surface area is 127 Å². The average Bonchev–Trinajstić information content (AvgIpc) is 2.85. The van der Waals surface area contributed by atoms with Crippen molar-refractivity contribution in [1.82, 2.24) is 4.90 Å². The number of benzene rings is 1. The number of carbonyl (C=O) groups is 1. The summed E-state index contributed by atoms with van der Waals surface area (Å²) in [4.78, 5) is 14.0. The summed E-state index contributed by atoms with van der Waals surface area (Å²) in [7, 11) is 0. The second-order valence-corrected chi connectivity index (χ2v) is 6.57. The van der Waals surface area contributed by atoms with Crippen LogP contribution in [0.4, 0.5) is 0 Å². The van der Waals surface area contributed by atoms with Gasteiger partial charge in [-0.05, 0) is 38.8 Å². The molecule has 1 heterocycles. The first-order valence-corrected chi connectivity index (χ1v) is 7.73. The van der Waals surface area contributed by atoms with Gasteiger partial charge in [0.15, 0.2) is 0 Å². The van der Waals surface area contributed by atoms with Crippen LogP contribution in [-0.2, 0) is 4.79 Å². The number of carbonyl (C=O) groups excluding carboxylic acids is 1. The first-order chi connectivity index (χ1) is 9.87. The second kappa shape index (κ2) is 6.16. The van der Waals surface area contributed by atoms with Gasteiger partial charge in [0.2, 0.25) is 5.91 Å². The number of rotatable bonds is 5. The van der Waals surface area contributed by atoms with Crippen LogP contribution in [0.5, 0.6) is 0 Å². The van der Waals surface area contributed by atoms with Gasteiger partial charge in [-0.1, -0.05) is 36.8 Å². The Bertz CT molecular complexity index is 499. The summed E-state index contributed by atoms with van der Waals surface area (Å²) in [6, 6.07) is 8.74. The Morgan fingerprint density at radius 2 is 2.00 bits per heavy atom. The lowest BCUT2D eigenvalue weighted by Crippen LogP contribution is -2.42. The van der Waals surface area contributed by atoms with Crippen molar-refractivity contribution in [3.8, 4) is 0 Å². The zero-order valence-corrected chi connectivity index (χ0v) is 13.3. The maximum atomic E-state index is 11.7. The number of primary amides is 1. The highest BCUT2D eigenvalue weighted by molar-refractivity contribution is 5.81. The second-order valence-electron chi connectivity index (χ2n) is 6.57. The van der Waals surface area contributed by atoms with Gasteiger partial charge in [-0.25, -0.2) is 0 Å². The smallest absolute Gasteiger partial charge is 0.224 e. The molecule has 0 aliphatic carbocycles. The number of hydrogen-bond donors (Lipinski definition) is 2. The predicted octanol–water partition coefficient (Wildman–Crippen LogP) is 1.97. The lowest BCUT2D eigenvalue weighted by Gasteiger charge is -2.33. The van der Waals surface area contributed by atoms with E-state index in [1.807, 2.05) is 6.92 Å². The Morgan fingerprint density at radius 3 is 2.48 bits per heavy atom. The summed E-state index contributed by atoms with van der Waals surface area (Å²) in [6.45, 7) is 7.70. The highest BCUT2D eigenvalue weighted by Crippen LogP contribution is 2.36. The molecular weight excluding hydrogens is 262 g/mol. The Kier molecular flexibility index (Phi) is 4.69. The Balaban J connectivity index is 2.26. The molecule has 4 N–H and O–H groups in total. The maximum absolute atomic E-state index is 11.7. The summed E-state index contributed by atoms with van der Waals surface area (Å²) >= 11 is 0. The fourth-order valence-corrected chi connectivity index (χ4v) is 3.15. The van der Waals surface area contributed by atoms with Gasteiger partial charge >= 0.3 is 0 Å². The predicted molar refractivity (Wildman–Crippen MR) is 85.7 cm³/mol. The van der Waals surface area contributed by atoms with E-state index in [-0.39, 0.29) is 18.0 Å². The zero-order chi connectivity index (χ0) is 15.6. The van der Waals surface area contributed by atoms with Crippen molar-refractivity contribution in [2.45, 2.75) is 45.7 Å². The molecule has 1 amide bonds. The molecule has 0 spiro atoms. The van der Waals surface area contributed by atoms with Crippen molar-refractivity contribution in [1.29, 1.82) is 0 Å². The van der Waals surface area contributed by atoms with Crippen LogP contribution in [0.1, 0.15) is 43.9 Å². The number of hydrogen-bond acceptors (Lipinski definition) is 3. The first-order valence-electron chi connectivity index (χ1n) is 7.73. The molecule has 1 fully saturated rings. The van der Waals surface area contributed by atoms with Crippen LogP contribution in [0.15, 0.2) is 24.3 Å². The SMILES string of the molecule is CCC(N)C(c1ccc(C)cc1)N1CCC(C)(C(N)=O)C1. The van der Waals surface area contributed by atoms with E-state index in [2.05, 4.69) is 43.0 Å². The van der Waals surface area contributed by atoms with E-state index in [0.29, 0.717) is 6.54 Å². The molecule has 1 saturated heterocycles. The van der Waals surface area contributed by atoms with Crippen molar-refractivity contribution < 1.29 is 4.79 Å². The minimum Gasteiger partial charge on any atom is -0.369 e. The van der Waals surface area contributed by atoms with Gasteiger partial charge in [0, 0.05) is 18.6 Å². The van der Waals surface area contributed by atoms with Gasteiger partial charge in [0.1, 0.15) is 0 Å². The average molecular weight is 289 g/mol. The van der Waals surface area contributed by atoms with Crippen LogP contribution < -0.4 is 11.5 Å². The molecule has 4 heteroatoms. The van der Waals surface area contributed by atoms with Crippen molar-refractivity contribution in [2.24, 2.45) is 16.9 Å². The zero-order valence-electron chi connectivity index (χ0n) is 13.3. The van der Waals surface area contributed by atoms with Crippen molar-refractivity contribution >= 4 is 5.91 Å². The molecule has 2 rings (SSSR count). The molecule has 116 valence electrons. The van der Waals surface area contributed by atoms with Gasteiger partial charge in [-0.3, -0.25) is 9.69 Å². The fraction of sp³-hybridized carbons (Fsp3) is 0.588. The van der Waals surface area contributed by atoms with Crippen molar-refractivity contribution in [2.75, 3.05) is 13.1 Å². The fourth-order valence-electron chi connectivity index (χ4n) is 3.15. The largest absolute Gasteiger partial charge is 0.369 e. The van der Waals surface area contributed by atoms with Crippen LogP contribution >= 0.6 is 0 Å². The van der Waals surface area contributed by atoms with E-state index >= 15 is 0 Å². The Hall–Kier alpha value is -1.39. The maximum Gasteiger partial charge on any atom is 0.224 e. The summed E-state index contributed by atoms with van der Waals surface area (Å²) < 4.78 is 0. The minimum absolute atomic E-state index is 0.0583. The topological polar surface area (TPSA) is 72.3 Å². The monoisotopic (exact) mass is 289 g/mol. The van der Waals surface area contributed by atoms with Gasteiger partial charge in [0.25, 0.3) is 0 Å². The Morgan fingerprint density at radius 1 is 1.38 bits per heavy atom. The normalized spacial score (nSPS) is 25.7. The van der Waals surface area contributed by atoms with Crippen LogP contribution in [0.2, 0.25) is 0 Å². The van der Waals surface area contributed by atoms with E-state index in [0.717, 1.165) is 19.4 Å². The van der Waals surface area contributed by atoms with Crippen LogP contribution in [0.3, 0.4) is 0 Å². The molecule has 4 nitrogen and oxygen atoms in total. The summed E-state index contributed by atoms with van der Waals surface area (Å²) in [5.74, 6) is -0.210. The highest BCUT2D eigenvalue weighted by Gasteiger charge is 2.42. The first kappa shape index (κ1) is 16.0. The van der Waals surface area contributed by atoms with Gasteiger partial charge < -0.3 is 11.5 Å². The summed E-state index contributed by atoms with van der Waals surface area (Å²) in [5.41, 5.74) is 14.0. The van der Waals surface area contributed by atoms with E-state index in [9.17, 15) is 4.79 Å². The van der Waals surface area contributed by atoms with Crippen molar-refractivity contribution in [3.63, 3.8) is 0 Å². The molecule has 1 aliphatic rings. The molecular formula is C17H27N3O. The molecule has 3 atom stereocenters. The number of likely N-dealkylation sites (tertiary alicyclic amines) is 1. The molecule has 0 bridgehead atoms. The van der Waals surface area contributed by atoms with E-state index in [1.54, 1.807) is 0 Å².